The fraction of sp³-hybridized carbons (Fsp3) is 0.929. The van der Waals surface area contributed by atoms with E-state index >= 15 is 0 Å². The average Bonchev–Trinajstić information content (AvgIpc) is 3.04. The summed E-state index contributed by atoms with van der Waals surface area (Å²) in [6.45, 7) is 14.8. The van der Waals surface area contributed by atoms with Crippen molar-refractivity contribution in [2.75, 3.05) is 6.61 Å². The van der Waals surface area contributed by atoms with Crippen LogP contribution in [-0.4, -0.2) is 23.9 Å². The molecule has 2 heteroatoms. The molecule has 1 N–H and O–H groups in total. The largest absolute Gasteiger partial charge is 0.393 e. The summed E-state index contributed by atoms with van der Waals surface area (Å²) in [6.07, 6.45) is 16.3. The second-order valence-corrected chi connectivity index (χ2v) is 12.4. The summed E-state index contributed by atoms with van der Waals surface area (Å²) in [4.78, 5) is 0. The third kappa shape index (κ3) is 3.83. The van der Waals surface area contributed by atoms with Crippen LogP contribution in [0.4, 0.5) is 0 Å². The van der Waals surface area contributed by atoms with Gasteiger partial charge < -0.3 is 9.84 Å². The molecule has 0 heterocycles. The van der Waals surface area contributed by atoms with Crippen LogP contribution >= 0.6 is 0 Å². The van der Waals surface area contributed by atoms with Crippen LogP contribution in [0.2, 0.25) is 0 Å². The van der Waals surface area contributed by atoms with Crippen molar-refractivity contribution in [1.82, 2.24) is 0 Å². The Morgan fingerprint density at radius 3 is 2.40 bits per heavy atom. The number of fused-ring (bicyclic) bond motifs is 5. The topological polar surface area (TPSA) is 29.5 Å². The lowest BCUT2D eigenvalue weighted by atomic mass is 9.43. The molecule has 4 fully saturated rings. The van der Waals surface area contributed by atoms with E-state index in [9.17, 15) is 5.11 Å². The lowest BCUT2D eigenvalue weighted by Crippen LogP contribution is -2.57. The van der Waals surface area contributed by atoms with Crippen molar-refractivity contribution in [2.24, 2.45) is 46.3 Å². The van der Waals surface area contributed by atoms with E-state index in [1.165, 1.54) is 57.8 Å². The summed E-state index contributed by atoms with van der Waals surface area (Å²) in [5.41, 5.74) is 0.824. The third-order valence-corrected chi connectivity index (χ3v) is 10.5. The van der Waals surface area contributed by atoms with Gasteiger partial charge in [0, 0.05) is 6.61 Å². The molecule has 0 aromatic heterocycles. The molecule has 4 aliphatic rings. The molecule has 4 unspecified atom stereocenters. The van der Waals surface area contributed by atoms with Gasteiger partial charge in [0.15, 0.2) is 0 Å². The van der Waals surface area contributed by atoms with E-state index in [0.29, 0.717) is 28.8 Å². The lowest BCUT2D eigenvalue weighted by molar-refractivity contribution is -0.159. The maximum absolute atomic E-state index is 10.7. The molecule has 172 valence electrons. The highest BCUT2D eigenvalue weighted by Gasteiger charge is 2.61. The maximum atomic E-state index is 10.7. The van der Waals surface area contributed by atoms with Gasteiger partial charge in [0.05, 0.1) is 12.2 Å². The number of ether oxygens (including phenoxy) is 1. The second kappa shape index (κ2) is 8.89. The van der Waals surface area contributed by atoms with Gasteiger partial charge in [-0.15, -0.1) is 6.58 Å². The molecule has 9 atom stereocenters. The molecule has 2 nitrogen and oxygen atoms in total. The number of aliphatic hydroxyl groups excluding tert-OH is 1. The minimum absolute atomic E-state index is 0.110. The quantitative estimate of drug-likeness (QED) is 0.357. The van der Waals surface area contributed by atoms with Crippen molar-refractivity contribution in [1.29, 1.82) is 0 Å². The predicted octanol–water partition coefficient (Wildman–Crippen LogP) is 7.01. The van der Waals surface area contributed by atoms with E-state index in [0.717, 1.165) is 43.1 Å². The highest BCUT2D eigenvalue weighted by molar-refractivity contribution is 5.11. The Labute approximate surface area is 186 Å². The maximum Gasteiger partial charge on any atom is 0.0631 e. The van der Waals surface area contributed by atoms with Crippen molar-refractivity contribution in [3.63, 3.8) is 0 Å². The molecule has 0 aromatic carbocycles. The molecule has 0 amide bonds. The Morgan fingerprint density at radius 1 is 0.967 bits per heavy atom. The molecule has 0 spiro atoms. The van der Waals surface area contributed by atoms with Gasteiger partial charge in [-0.2, -0.15) is 0 Å². The number of hydrogen-bond acceptors (Lipinski definition) is 2. The Bertz CT molecular complexity index is 599. The number of aliphatic hydroxyl groups is 1. The lowest BCUT2D eigenvalue weighted by Gasteiger charge is -2.62. The normalized spacial score (nSPS) is 48.1. The van der Waals surface area contributed by atoms with Gasteiger partial charge in [0.25, 0.3) is 0 Å². The first-order valence-electron chi connectivity index (χ1n) is 13.2. The third-order valence-electron chi connectivity index (χ3n) is 10.5. The first-order valence-corrected chi connectivity index (χ1v) is 13.2. The van der Waals surface area contributed by atoms with Gasteiger partial charge in [-0.1, -0.05) is 33.8 Å². The van der Waals surface area contributed by atoms with Crippen molar-refractivity contribution in [2.45, 2.75) is 111 Å². The fourth-order valence-electron chi connectivity index (χ4n) is 8.96. The van der Waals surface area contributed by atoms with Crippen LogP contribution in [0.3, 0.4) is 0 Å². The zero-order valence-corrected chi connectivity index (χ0v) is 20.2. The van der Waals surface area contributed by atoms with E-state index in [4.69, 9.17) is 4.74 Å². The van der Waals surface area contributed by atoms with E-state index in [-0.39, 0.29) is 6.10 Å². The average molecular weight is 417 g/mol. The summed E-state index contributed by atoms with van der Waals surface area (Å²) in [5, 5.41) is 10.7. The van der Waals surface area contributed by atoms with E-state index in [1.807, 2.05) is 0 Å². The Hall–Kier alpha value is -0.340. The zero-order chi connectivity index (χ0) is 21.5. The molecule has 30 heavy (non-hydrogen) atoms. The summed E-state index contributed by atoms with van der Waals surface area (Å²) in [5.74, 6) is 4.51. The van der Waals surface area contributed by atoms with Gasteiger partial charge in [0.2, 0.25) is 0 Å². The van der Waals surface area contributed by atoms with Crippen molar-refractivity contribution >= 4 is 0 Å². The van der Waals surface area contributed by atoms with Crippen LogP contribution in [0.1, 0.15) is 98.3 Å². The SMILES string of the molecule is C=CCC1C(O)CC[C@@]2(C)C1CC[C@@H]1[C@H]2CC[C@]2(C)C(OCCCC(C)C)CC[C@@H]12. The number of rotatable bonds is 7. The highest BCUT2D eigenvalue weighted by Crippen LogP contribution is 2.67. The first-order chi connectivity index (χ1) is 14.3. The zero-order valence-electron chi connectivity index (χ0n) is 20.2. The molecule has 4 rings (SSSR count). The van der Waals surface area contributed by atoms with Crippen LogP contribution in [0.5, 0.6) is 0 Å². The van der Waals surface area contributed by atoms with E-state index in [2.05, 4.69) is 40.3 Å². The second-order valence-electron chi connectivity index (χ2n) is 12.4. The minimum atomic E-state index is -0.110. The van der Waals surface area contributed by atoms with Crippen LogP contribution in [-0.2, 0) is 4.74 Å². The van der Waals surface area contributed by atoms with Crippen molar-refractivity contribution < 1.29 is 9.84 Å². The van der Waals surface area contributed by atoms with Crippen molar-refractivity contribution in [3.05, 3.63) is 12.7 Å². The molecular weight excluding hydrogens is 368 g/mol. The number of allylic oxidation sites excluding steroid dienone is 1. The molecular formula is C28H48O2. The van der Waals surface area contributed by atoms with Crippen LogP contribution in [0.25, 0.3) is 0 Å². The van der Waals surface area contributed by atoms with Gasteiger partial charge in [-0.25, -0.2) is 0 Å². The van der Waals surface area contributed by atoms with Gasteiger partial charge in [0.1, 0.15) is 0 Å². The molecule has 0 saturated heterocycles. The van der Waals surface area contributed by atoms with Gasteiger partial charge >= 0.3 is 0 Å². The Balaban J connectivity index is 1.46. The van der Waals surface area contributed by atoms with E-state index in [1.54, 1.807) is 0 Å². The molecule has 0 bridgehead atoms. The standard InChI is InChI=1S/C28H48O2/c1-6-8-21-23-11-10-20-22-12-13-26(30-18-7-9-19(2)3)28(22,5)16-14-24(20)27(23,4)17-15-25(21)29/h6,19-26,29H,1,7-18H2,2-5H3/t20-,21?,22-,23?,24+,25?,26?,27-,28-/m0/s1. The first kappa shape index (κ1) is 22.8. The van der Waals surface area contributed by atoms with Gasteiger partial charge in [-0.05, 0) is 117 Å². The molecule has 0 aromatic rings. The highest BCUT2D eigenvalue weighted by atomic mass is 16.5. The van der Waals surface area contributed by atoms with Crippen LogP contribution < -0.4 is 0 Å². The summed E-state index contributed by atoms with van der Waals surface area (Å²) >= 11 is 0. The Kier molecular flexibility index (Phi) is 6.77. The number of hydrogen-bond donors (Lipinski definition) is 1. The smallest absolute Gasteiger partial charge is 0.0631 e. The summed E-state index contributed by atoms with van der Waals surface area (Å²) in [7, 11) is 0. The van der Waals surface area contributed by atoms with Crippen molar-refractivity contribution in [3.8, 4) is 0 Å². The monoisotopic (exact) mass is 416 g/mol. The molecule has 0 aliphatic heterocycles. The molecule has 4 aliphatic carbocycles. The molecule has 0 radical (unpaired) electrons. The summed E-state index contributed by atoms with van der Waals surface area (Å²) in [6, 6.07) is 0. The van der Waals surface area contributed by atoms with E-state index < -0.39 is 0 Å². The fourth-order valence-corrected chi connectivity index (χ4v) is 8.96. The Morgan fingerprint density at radius 2 is 1.67 bits per heavy atom. The summed E-state index contributed by atoms with van der Waals surface area (Å²) < 4.78 is 6.56. The minimum Gasteiger partial charge on any atom is -0.393 e. The van der Waals surface area contributed by atoms with Crippen LogP contribution in [0, 0.1) is 46.3 Å². The molecule has 4 saturated carbocycles. The predicted molar refractivity (Wildman–Crippen MR) is 125 cm³/mol. The van der Waals surface area contributed by atoms with Gasteiger partial charge in [-0.3, -0.25) is 0 Å². The van der Waals surface area contributed by atoms with Crippen LogP contribution in [0.15, 0.2) is 12.7 Å².